The van der Waals surface area contributed by atoms with Gasteiger partial charge < -0.3 is 25.0 Å². The molecule has 2 fully saturated rings. The standard InChI is InChI=1S/C28H34N6O2/c1-19-11-24(12-23(18-35)32-19)33-10-4-5-22(16-33)31-14-25-17-34(15-20(2)36-25)27-8-7-21(13-29)28-26(27)6-3-9-30-28/h3,6-9,11-12,20,22,25,31,35H,4-5,10,14-18H2,1-2H3/t20-,22?,25+/m1/s1. The maximum Gasteiger partial charge on any atom is 0.101 e. The van der Waals surface area contributed by atoms with Gasteiger partial charge in [0.15, 0.2) is 0 Å². The minimum atomic E-state index is -0.0392. The molecule has 36 heavy (non-hydrogen) atoms. The summed E-state index contributed by atoms with van der Waals surface area (Å²) in [5, 5.41) is 23.8. The van der Waals surface area contributed by atoms with Gasteiger partial charge in [0.25, 0.3) is 0 Å². The molecule has 4 heterocycles. The Hall–Kier alpha value is -3.25. The van der Waals surface area contributed by atoms with Crippen molar-refractivity contribution in [2.75, 3.05) is 42.5 Å². The van der Waals surface area contributed by atoms with E-state index in [0.717, 1.165) is 79.2 Å². The third kappa shape index (κ3) is 5.29. The zero-order valence-electron chi connectivity index (χ0n) is 21.0. The molecule has 0 aliphatic carbocycles. The quantitative estimate of drug-likeness (QED) is 0.549. The van der Waals surface area contributed by atoms with Crippen molar-refractivity contribution in [1.82, 2.24) is 15.3 Å². The number of aryl methyl sites for hydroxylation is 1. The SMILES string of the molecule is Cc1cc(N2CCCC(NC[C@H]3CN(c4ccc(C#N)c5ncccc45)C[C@@H](C)O3)C2)cc(CO)n1. The predicted octanol–water partition coefficient (Wildman–Crippen LogP) is 3.15. The van der Waals surface area contributed by atoms with Gasteiger partial charge in [-0.05, 0) is 63.1 Å². The highest BCUT2D eigenvalue weighted by Crippen LogP contribution is 2.30. The third-order valence-corrected chi connectivity index (χ3v) is 7.11. The van der Waals surface area contributed by atoms with Crippen LogP contribution < -0.4 is 15.1 Å². The van der Waals surface area contributed by atoms with Crippen LogP contribution in [0, 0.1) is 18.3 Å². The van der Waals surface area contributed by atoms with Crippen LogP contribution in [0.5, 0.6) is 0 Å². The number of aromatic nitrogens is 2. The van der Waals surface area contributed by atoms with Crippen LogP contribution in [0.15, 0.2) is 42.6 Å². The molecule has 0 saturated carbocycles. The van der Waals surface area contributed by atoms with E-state index in [2.05, 4.69) is 44.1 Å². The minimum absolute atomic E-state index is 0.0392. The highest BCUT2D eigenvalue weighted by molar-refractivity contribution is 5.95. The smallest absolute Gasteiger partial charge is 0.101 e. The summed E-state index contributed by atoms with van der Waals surface area (Å²) in [4.78, 5) is 13.6. The Kier molecular flexibility index (Phi) is 7.33. The average Bonchev–Trinajstić information content (AvgIpc) is 2.90. The molecule has 8 heteroatoms. The average molecular weight is 487 g/mol. The monoisotopic (exact) mass is 486 g/mol. The molecule has 188 valence electrons. The van der Waals surface area contributed by atoms with Crippen molar-refractivity contribution < 1.29 is 9.84 Å². The molecule has 3 atom stereocenters. The second-order valence-electron chi connectivity index (χ2n) is 9.93. The number of morpholine rings is 1. The summed E-state index contributed by atoms with van der Waals surface area (Å²) in [6, 6.07) is 14.6. The van der Waals surface area contributed by atoms with Crippen LogP contribution in [-0.4, -0.2) is 66.0 Å². The number of aliphatic hydroxyl groups is 1. The highest BCUT2D eigenvalue weighted by atomic mass is 16.5. The topological polar surface area (TPSA) is 97.5 Å². The molecule has 0 bridgehead atoms. The molecule has 8 nitrogen and oxygen atoms in total. The fourth-order valence-electron chi connectivity index (χ4n) is 5.54. The number of hydrogen-bond acceptors (Lipinski definition) is 8. The Labute approximate surface area is 212 Å². The Balaban J connectivity index is 1.25. The van der Waals surface area contributed by atoms with Gasteiger partial charge in [0.05, 0.1) is 35.6 Å². The lowest BCUT2D eigenvalue weighted by atomic mass is 10.0. The molecule has 2 aromatic heterocycles. The largest absolute Gasteiger partial charge is 0.390 e. The second-order valence-corrected chi connectivity index (χ2v) is 9.93. The van der Waals surface area contributed by atoms with Crippen LogP contribution in [-0.2, 0) is 11.3 Å². The van der Waals surface area contributed by atoms with E-state index in [9.17, 15) is 10.4 Å². The van der Waals surface area contributed by atoms with Gasteiger partial charge in [-0.25, -0.2) is 0 Å². The van der Waals surface area contributed by atoms with E-state index in [4.69, 9.17) is 4.74 Å². The molecule has 2 N–H and O–H groups in total. The van der Waals surface area contributed by atoms with Crippen LogP contribution in [0.2, 0.25) is 0 Å². The number of nitrogens with zero attached hydrogens (tertiary/aromatic N) is 5. The van der Waals surface area contributed by atoms with Gasteiger partial charge >= 0.3 is 0 Å². The first kappa shape index (κ1) is 24.4. The van der Waals surface area contributed by atoms with E-state index in [1.165, 1.54) is 0 Å². The van der Waals surface area contributed by atoms with E-state index in [1.807, 2.05) is 37.3 Å². The maximum absolute atomic E-state index is 9.55. The summed E-state index contributed by atoms with van der Waals surface area (Å²) in [5.41, 5.74) is 5.24. The number of hydrogen-bond donors (Lipinski definition) is 2. The van der Waals surface area contributed by atoms with Crippen molar-refractivity contribution in [3.05, 3.63) is 59.5 Å². The van der Waals surface area contributed by atoms with Gasteiger partial charge in [-0.3, -0.25) is 9.97 Å². The zero-order valence-corrected chi connectivity index (χ0v) is 21.0. The number of nitriles is 1. The van der Waals surface area contributed by atoms with Crippen molar-refractivity contribution >= 4 is 22.3 Å². The molecular weight excluding hydrogens is 452 g/mol. The van der Waals surface area contributed by atoms with Crippen LogP contribution in [0.4, 0.5) is 11.4 Å². The summed E-state index contributed by atoms with van der Waals surface area (Å²) in [5.74, 6) is 0. The maximum atomic E-state index is 9.55. The van der Waals surface area contributed by atoms with Gasteiger partial charge in [0, 0.05) is 67.4 Å². The number of fused-ring (bicyclic) bond motifs is 1. The van der Waals surface area contributed by atoms with Crippen molar-refractivity contribution in [3.63, 3.8) is 0 Å². The zero-order chi connectivity index (χ0) is 25.1. The number of piperidine rings is 1. The van der Waals surface area contributed by atoms with E-state index >= 15 is 0 Å². The molecule has 0 amide bonds. The summed E-state index contributed by atoms with van der Waals surface area (Å²) < 4.78 is 6.32. The predicted molar refractivity (Wildman–Crippen MR) is 141 cm³/mol. The van der Waals surface area contributed by atoms with E-state index in [1.54, 1.807) is 6.20 Å². The van der Waals surface area contributed by atoms with Gasteiger partial charge in [0.1, 0.15) is 6.07 Å². The van der Waals surface area contributed by atoms with Crippen LogP contribution >= 0.6 is 0 Å². The van der Waals surface area contributed by atoms with Crippen molar-refractivity contribution in [1.29, 1.82) is 5.26 Å². The Bertz CT molecular complexity index is 1260. The minimum Gasteiger partial charge on any atom is -0.390 e. The number of aliphatic hydroxyl groups excluding tert-OH is 1. The molecule has 3 aromatic rings. The number of anilines is 2. The second kappa shape index (κ2) is 10.8. The number of rotatable bonds is 6. The number of benzene rings is 1. The summed E-state index contributed by atoms with van der Waals surface area (Å²) in [6.07, 6.45) is 4.16. The van der Waals surface area contributed by atoms with E-state index in [0.29, 0.717) is 11.6 Å². The van der Waals surface area contributed by atoms with E-state index < -0.39 is 0 Å². The summed E-state index contributed by atoms with van der Waals surface area (Å²) >= 11 is 0. The van der Waals surface area contributed by atoms with Crippen LogP contribution in [0.1, 0.15) is 36.7 Å². The fraction of sp³-hybridized carbons (Fsp3) is 0.464. The molecule has 0 spiro atoms. The fourth-order valence-corrected chi connectivity index (χ4v) is 5.54. The number of nitrogens with one attached hydrogen (secondary N) is 1. The number of pyridine rings is 2. The van der Waals surface area contributed by atoms with Gasteiger partial charge in [-0.1, -0.05) is 0 Å². The Morgan fingerprint density at radius 1 is 1.19 bits per heavy atom. The highest BCUT2D eigenvalue weighted by Gasteiger charge is 2.28. The van der Waals surface area contributed by atoms with Gasteiger partial charge in [0.2, 0.25) is 0 Å². The Morgan fingerprint density at radius 3 is 2.92 bits per heavy atom. The molecular formula is C28H34N6O2. The third-order valence-electron chi connectivity index (χ3n) is 7.11. The Morgan fingerprint density at radius 2 is 2.08 bits per heavy atom. The first-order valence-corrected chi connectivity index (χ1v) is 12.8. The first-order chi connectivity index (χ1) is 17.5. The first-order valence-electron chi connectivity index (χ1n) is 12.8. The lowest BCUT2D eigenvalue weighted by molar-refractivity contribution is -0.0159. The lowest BCUT2D eigenvalue weighted by Gasteiger charge is -2.40. The molecule has 1 unspecified atom stereocenters. The molecule has 2 aliphatic heterocycles. The van der Waals surface area contributed by atoms with Crippen molar-refractivity contribution in [2.45, 2.75) is 51.5 Å². The summed E-state index contributed by atoms with van der Waals surface area (Å²) in [7, 11) is 0. The molecule has 0 radical (unpaired) electrons. The van der Waals surface area contributed by atoms with Gasteiger partial charge in [-0.15, -0.1) is 0 Å². The van der Waals surface area contributed by atoms with Gasteiger partial charge in [-0.2, -0.15) is 5.26 Å². The van der Waals surface area contributed by atoms with E-state index in [-0.39, 0.29) is 18.8 Å². The molecule has 2 saturated heterocycles. The van der Waals surface area contributed by atoms with Crippen molar-refractivity contribution in [2.24, 2.45) is 0 Å². The molecule has 5 rings (SSSR count). The van der Waals surface area contributed by atoms with Crippen LogP contribution in [0.3, 0.4) is 0 Å². The lowest BCUT2D eigenvalue weighted by Crippen LogP contribution is -2.53. The normalized spacial score (nSPS) is 22.6. The molecule has 1 aromatic carbocycles. The number of ether oxygens (including phenoxy) is 1. The van der Waals surface area contributed by atoms with Crippen molar-refractivity contribution in [3.8, 4) is 6.07 Å². The molecule has 2 aliphatic rings. The summed E-state index contributed by atoms with van der Waals surface area (Å²) in [6.45, 7) is 8.36. The van der Waals surface area contributed by atoms with Crippen LogP contribution in [0.25, 0.3) is 10.9 Å².